The first kappa shape index (κ1) is 13.9. The molecule has 20 heavy (non-hydrogen) atoms. The van der Waals surface area contributed by atoms with Crippen LogP contribution in [0.2, 0.25) is 0 Å². The zero-order valence-corrected chi connectivity index (χ0v) is 11.1. The zero-order chi connectivity index (χ0) is 14.7. The summed E-state index contributed by atoms with van der Waals surface area (Å²) >= 11 is 0. The van der Waals surface area contributed by atoms with Crippen LogP contribution in [0.4, 0.5) is 10.5 Å². The Bertz CT molecular complexity index is 592. The number of carbonyl (C=O) groups excluding carboxylic acids is 1. The molecule has 1 atom stereocenters. The van der Waals surface area contributed by atoms with E-state index in [2.05, 4.69) is 5.32 Å². The number of likely N-dealkylation sites (tertiary alicyclic amines) is 1. The molecule has 2 amide bonds. The number of carboxylic acids is 1. The molecule has 0 bridgehead atoms. The molecule has 1 aliphatic rings. The van der Waals surface area contributed by atoms with Crippen molar-refractivity contribution in [3.05, 3.63) is 29.3 Å². The lowest BCUT2D eigenvalue weighted by molar-refractivity contribution is -0.141. The molecular formula is C14H15N3O3. The highest BCUT2D eigenvalue weighted by atomic mass is 16.4. The molecule has 0 unspecified atom stereocenters. The van der Waals surface area contributed by atoms with Crippen molar-refractivity contribution >= 4 is 17.7 Å². The summed E-state index contributed by atoms with van der Waals surface area (Å²) in [6.07, 6.45) is 1.13. The maximum atomic E-state index is 12.2. The number of nitriles is 1. The third-order valence-electron chi connectivity index (χ3n) is 3.42. The van der Waals surface area contributed by atoms with E-state index in [9.17, 15) is 9.59 Å². The van der Waals surface area contributed by atoms with Gasteiger partial charge in [0.15, 0.2) is 0 Å². The highest BCUT2D eigenvalue weighted by molar-refractivity contribution is 5.94. The Balaban J connectivity index is 2.19. The van der Waals surface area contributed by atoms with Crippen molar-refractivity contribution in [2.45, 2.75) is 25.8 Å². The van der Waals surface area contributed by atoms with Crippen molar-refractivity contribution in [2.75, 3.05) is 11.9 Å². The molecule has 0 aromatic heterocycles. The lowest BCUT2D eigenvalue weighted by atomic mass is 10.1. The van der Waals surface area contributed by atoms with E-state index in [0.29, 0.717) is 30.6 Å². The van der Waals surface area contributed by atoms with Crippen LogP contribution >= 0.6 is 0 Å². The number of aliphatic carboxylic acids is 1. The first-order chi connectivity index (χ1) is 9.54. The minimum absolute atomic E-state index is 0.395. The summed E-state index contributed by atoms with van der Waals surface area (Å²) in [5.41, 5.74) is 1.57. The minimum atomic E-state index is -0.998. The molecule has 104 valence electrons. The molecule has 1 aromatic carbocycles. The van der Waals surface area contributed by atoms with E-state index < -0.39 is 18.0 Å². The standard InChI is InChI=1S/C14H15N3O3/c1-9-4-2-5-11(10(9)8-15)16-14(20)17-7-3-6-12(17)13(18)19/h2,4-5,12H,3,6-7H2,1H3,(H,16,20)(H,18,19)/t12-/m1/s1. The summed E-state index contributed by atoms with van der Waals surface area (Å²) in [6, 6.07) is 5.94. The van der Waals surface area contributed by atoms with E-state index in [4.69, 9.17) is 10.4 Å². The lowest BCUT2D eigenvalue weighted by Crippen LogP contribution is -2.42. The van der Waals surface area contributed by atoms with E-state index in [-0.39, 0.29) is 0 Å². The number of urea groups is 1. The van der Waals surface area contributed by atoms with Gasteiger partial charge in [-0.05, 0) is 31.4 Å². The number of benzene rings is 1. The Labute approximate surface area is 116 Å². The van der Waals surface area contributed by atoms with Crippen molar-refractivity contribution in [1.29, 1.82) is 5.26 Å². The highest BCUT2D eigenvalue weighted by Gasteiger charge is 2.34. The van der Waals surface area contributed by atoms with E-state index in [0.717, 1.165) is 5.56 Å². The smallest absolute Gasteiger partial charge is 0.326 e. The van der Waals surface area contributed by atoms with Crippen LogP contribution in [0.3, 0.4) is 0 Å². The second-order valence-corrected chi connectivity index (χ2v) is 4.73. The number of amides is 2. The average Bonchev–Trinajstić information content (AvgIpc) is 2.88. The van der Waals surface area contributed by atoms with Crippen molar-refractivity contribution in [2.24, 2.45) is 0 Å². The van der Waals surface area contributed by atoms with E-state index in [1.807, 2.05) is 6.07 Å². The van der Waals surface area contributed by atoms with Crippen LogP contribution in [0.1, 0.15) is 24.0 Å². The van der Waals surface area contributed by atoms with Gasteiger partial charge in [0.25, 0.3) is 0 Å². The fraction of sp³-hybridized carbons (Fsp3) is 0.357. The number of rotatable bonds is 2. The third-order valence-corrected chi connectivity index (χ3v) is 3.42. The number of aryl methyl sites for hydroxylation is 1. The lowest BCUT2D eigenvalue weighted by Gasteiger charge is -2.22. The molecule has 6 nitrogen and oxygen atoms in total. The normalized spacial score (nSPS) is 17.6. The van der Waals surface area contributed by atoms with Crippen molar-refractivity contribution in [3.8, 4) is 6.07 Å². The number of carboxylic acid groups (broad SMARTS) is 1. The Kier molecular flexibility index (Phi) is 3.89. The summed E-state index contributed by atoms with van der Waals surface area (Å²) in [4.78, 5) is 24.5. The van der Waals surface area contributed by atoms with Gasteiger partial charge in [-0.1, -0.05) is 12.1 Å². The highest BCUT2D eigenvalue weighted by Crippen LogP contribution is 2.22. The van der Waals surface area contributed by atoms with Gasteiger partial charge in [-0.25, -0.2) is 9.59 Å². The molecule has 0 spiro atoms. The molecule has 1 heterocycles. The zero-order valence-electron chi connectivity index (χ0n) is 11.1. The molecule has 1 aliphatic heterocycles. The molecule has 2 rings (SSSR count). The SMILES string of the molecule is Cc1cccc(NC(=O)N2CCC[C@@H]2C(=O)O)c1C#N. The van der Waals surface area contributed by atoms with Gasteiger partial charge in [0.05, 0.1) is 11.3 Å². The van der Waals surface area contributed by atoms with Crippen molar-refractivity contribution in [3.63, 3.8) is 0 Å². The van der Waals surface area contributed by atoms with Gasteiger partial charge in [-0.15, -0.1) is 0 Å². The van der Waals surface area contributed by atoms with Crippen LogP contribution in [-0.4, -0.2) is 34.6 Å². The van der Waals surface area contributed by atoms with Crippen LogP contribution in [0, 0.1) is 18.3 Å². The summed E-state index contributed by atoms with van der Waals surface area (Å²) in [7, 11) is 0. The third kappa shape index (κ3) is 2.57. The average molecular weight is 273 g/mol. The largest absolute Gasteiger partial charge is 0.480 e. The van der Waals surface area contributed by atoms with Crippen LogP contribution in [0.15, 0.2) is 18.2 Å². The predicted octanol–water partition coefficient (Wildman–Crippen LogP) is 1.95. The Morgan fingerprint density at radius 3 is 2.90 bits per heavy atom. The van der Waals surface area contributed by atoms with E-state index in [1.165, 1.54) is 4.90 Å². The molecule has 1 saturated heterocycles. The summed E-state index contributed by atoms with van der Waals surface area (Å²) in [5.74, 6) is -0.998. The maximum Gasteiger partial charge on any atom is 0.326 e. The fourth-order valence-electron chi connectivity index (χ4n) is 2.37. The molecule has 6 heteroatoms. The number of nitrogens with zero attached hydrogens (tertiary/aromatic N) is 2. The predicted molar refractivity (Wildman–Crippen MR) is 72.3 cm³/mol. The van der Waals surface area contributed by atoms with Crippen LogP contribution in [0.25, 0.3) is 0 Å². The monoisotopic (exact) mass is 273 g/mol. The number of hydrogen-bond donors (Lipinski definition) is 2. The summed E-state index contributed by atoms with van der Waals surface area (Å²) < 4.78 is 0. The topological polar surface area (TPSA) is 93.4 Å². The number of anilines is 1. The van der Waals surface area contributed by atoms with Gasteiger partial charge in [0.2, 0.25) is 0 Å². The van der Waals surface area contributed by atoms with Gasteiger partial charge in [-0.3, -0.25) is 0 Å². The van der Waals surface area contributed by atoms with Gasteiger partial charge < -0.3 is 15.3 Å². The van der Waals surface area contributed by atoms with Crippen LogP contribution in [-0.2, 0) is 4.79 Å². The number of hydrogen-bond acceptors (Lipinski definition) is 3. The Morgan fingerprint density at radius 2 is 2.25 bits per heavy atom. The van der Waals surface area contributed by atoms with Gasteiger partial charge in [0, 0.05) is 6.54 Å². The van der Waals surface area contributed by atoms with Gasteiger partial charge >= 0.3 is 12.0 Å². The molecule has 2 N–H and O–H groups in total. The summed E-state index contributed by atoms with van der Waals surface area (Å²) in [5, 5.41) is 20.8. The maximum absolute atomic E-state index is 12.2. The first-order valence-electron chi connectivity index (χ1n) is 6.34. The van der Waals surface area contributed by atoms with E-state index in [1.54, 1.807) is 25.1 Å². The molecule has 0 aliphatic carbocycles. The second-order valence-electron chi connectivity index (χ2n) is 4.73. The second kappa shape index (κ2) is 5.61. The first-order valence-corrected chi connectivity index (χ1v) is 6.34. The molecule has 0 radical (unpaired) electrons. The number of nitrogens with one attached hydrogen (secondary N) is 1. The quantitative estimate of drug-likeness (QED) is 0.861. The Morgan fingerprint density at radius 1 is 1.50 bits per heavy atom. The molecular weight excluding hydrogens is 258 g/mol. The van der Waals surface area contributed by atoms with Crippen LogP contribution in [0.5, 0.6) is 0 Å². The van der Waals surface area contributed by atoms with Crippen molar-refractivity contribution < 1.29 is 14.7 Å². The number of carbonyl (C=O) groups is 2. The van der Waals surface area contributed by atoms with E-state index >= 15 is 0 Å². The molecule has 1 aromatic rings. The minimum Gasteiger partial charge on any atom is -0.480 e. The van der Waals surface area contributed by atoms with Gasteiger partial charge in [0.1, 0.15) is 12.1 Å². The van der Waals surface area contributed by atoms with Crippen LogP contribution < -0.4 is 5.32 Å². The molecule has 0 saturated carbocycles. The fourth-order valence-corrected chi connectivity index (χ4v) is 2.37. The summed E-state index contributed by atoms with van der Waals surface area (Å²) in [6.45, 7) is 2.20. The van der Waals surface area contributed by atoms with Crippen molar-refractivity contribution in [1.82, 2.24) is 4.90 Å². The van der Waals surface area contributed by atoms with Gasteiger partial charge in [-0.2, -0.15) is 5.26 Å². The molecule has 1 fully saturated rings. The Hall–Kier alpha value is -2.55.